The number of rotatable bonds is 5. The molecule has 0 saturated carbocycles. The number of nitrogens with zero attached hydrogens (tertiary/aromatic N) is 2. The van der Waals surface area contributed by atoms with Crippen LogP contribution in [0.5, 0.6) is 0 Å². The number of methoxy groups -OCH3 is 1. The van der Waals surface area contributed by atoms with Gasteiger partial charge in [-0.2, -0.15) is 17.0 Å². The van der Waals surface area contributed by atoms with E-state index in [1.807, 2.05) is 11.8 Å². The molecule has 1 heterocycles. The Hall–Kier alpha value is -0.570. The van der Waals surface area contributed by atoms with E-state index in [4.69, 9.17) is 10.00 Å². The van der Waals surface area contributed by atoms with Crippen LogP contribution in [0.25, 0.3) is 0 Å². The molecule has 1 rings (SSSR count). The summed E-state index contributed by atoms with van der Waals surface area (Å²) < 4.78 is 5.00. The molecule has 0 aromatic carbocycles. The fraction of sp³-hybridized carbons (Fsp3) is 0.600. The molecule has 5 heteroatoms. The van der Waals surface area contributed by atoms with Gasteiger partial charge in [-0.1, -0.05) is 13.8 Å². The lowest BCUT2D eigenvalue weighted by Gasteiger charge is -2.00. The fourth-order valence-corrected chi connectivity index (χ4v) is 2.66. The minimum absolute atomic E-state index is 0.422. The van der Waals surface area contributed by atoms with Crippen molar-refractivity contribution in [3.8, 4) is 6.07 Å². The van der Waals surface area contributed by atoms with Crippen molar-refractivity contribution >= 4 is 23.1 Å². The first-order valence-electron chi connectivity index (χ1n) is 4.66. The lowest BCUT2D eigenvalue weighted by atomic mass is 10.4. The molecule has 3 nitrogen and oxygen atoms in total. The second kappa shape index (κ2) is 6.11. The average Bonchev–Trinajstić information content (AvgIpc) is 2.58. The van der Waals surface area contributed by atoms with Crippen LogP contribution in [0.2, 0.25) is 0 Å². The molecule has 0 spiro atoms. The summed E-state index contributed by atoms with van der Waals surface area (Å²) in [5.74, 6) is 0.876. The Kier molecular flexibility index (Phi) is 5.09. The molecule has 0 N–H and O–H groups in total. The van der Waals surface area contributed by atoms with Gasteiger partial charge in [0, 0.05) is 12.9 Å². The van der Waals surface area contributed by atoms with Crippen molar-refractivity contribution < 1.29 is 4.74 Å². The monoisotopic (exact) mass is 242 g/mol. The van der Waals surface area contributed by atoms with E-state index in [1.54, 1.807) is 7.11 Å². The molecule has 0 amide bonds. The molecule has 0 saturated heterocycles. The maximum Gasteiger partial charge on any atom is 0.130 e. The Morgan fingerprint density at radius 1 is 1.60 bits per heavy atom. The maximum atomic E-state index is 8.89. The zero-order valence-electron chi connectivity index (χ0n) is 9.11. The molecule has 1 aromatic heterocycles. The van der Waals surface area contributed by atoms with E-state index in [0.29, 0.717) is 16.7 Å². The summed E-state index contributed by atoms with van der Waals surface area (Å²) in [6.45, 7) is 4.73. The van der Waals surface area contributed by atoms with Gasteiger partial charge in [-0.25, -0.2) is 4.98 Å². The van der Waals surface area contributed by atoms with Crippen molar-refractivity contribution in [3.05, 3.63) is 15.6 Å². The van der Waals surface area contributed by atoms with E-state index in [9.17, 15) is 0 Å². The van der Waals surface area contributed by atoms with Crippen LogP contribution in [-0.4, -0.2) is 17.3 Å². The molecule has 1 aromatic rings. The number of nitriles is 1. The van der Waals surface area contributed by atoms with E-state index in [2.05, 4.69) is 24.9 Å². The Bertz CT molecular complexity index is 355. The van der Waals surface area contributed by atoms with E-state index < -0.39 is 0 Å². The second-order valence-corrected chi connectivity index (χ2v) is 5.94. The van der Waals surface area contributed by atoms with Crippen LogP contribution in [0.4, 0.5) is 0 Å². The van der Waals surface area contributed by atoms with Crippen molar-refractivity contribution in [3.63, 3.8) is 0 Å². The summed E-state index contributed by atoms with van der Waals surface area (Å²) in [7, 11) is 1.61. The smallest absolute Gasteiger partial charge is 0.130 e. The Morgan fingerprint density at radius 2 is 2.33 bits per heavy atom. The number of hydrogen-bond donors (Lipinski definition) is 0. The molecule has 82 valence electrons. The largest absolute Gasteiger partial charge is 0.378 e. The Morgan fingerprint density at radius 3 is 2.87 bits per heavy atom. The van der Waals surface area contributed by atoms with Gasteiger partial charge >= 0.3 is 0 Å². The third-order valence-electron chi connectivity index (χ3n) is 1.66. The van der Waals surface area contributed by atoms with Crippen molar-refractivity contribution in [2.75, 3.05) is 7.11 Å². The summed E-state index contributed by atoms with van der Waals surface area (Å²) >= 11 is 3.30. The van der Waals surface area contributed by atoms with Gasteiger partial charge in [-0.05, 0) is 5.25 Å². The molecule has 15 heavy (non-hydrogen) atoms. The first-order valence-corrected chi connectivity index (χ1v) is 6.53. The van der Waals surface area contributed by atoms with E-state index in [1.165, 1.54) is 11.3 Å². The van der Waals surface area contributed by atoms with Crippen LogP contribution in [0.1, 0.15) is 29.4 Å². The number of aromatic nitrogens is 1. The molecule has 0 atom stereocenters. The zero-order chi connectivity index (χ0) is 11.3. The average molecular weight is 242 g/mol. The molecule has 0 unspecified atom stereocenters. The molecule has 0 fully saturated rings. The molecule has 0 aliphatic carbocycles. The van der Waals surface area contributed by atoms with Gasteiger partial charge < -0.3 is 4.74 Å². The summed E-state index contributed by atoms with van der Waals surface area (Å²) in [6, 6.07) is 2.16. The van der Waals surface area contributed by atoms with E-state index in [0.717, 1.165) is 16.5 Å². The standard InChI is InChI=1S/C10H14N2OS2/c1-7(2)14-6-10-12-8(5-13-3)9(4-11)15-10/h7H,5-6H2,1-3H3. The minimum Gasteiger partial charge on any atom is -0.378 e. The molecule has 0 aliphatic rings. The third kappa shape index (κ3) is 3.82. The number of thioether (sulfide) groups is 1. The van der Waals surface area contributed by atoms with Crippen molar-refractivity contribution in [1.82, 2.24) is 4.98 Å². The molecular weight excluding hydrogens is 228 g/mol. The topological polar surface area (TPSA) is 45.9 Å². The van der Waals surface area contributed by atoms with Crippen LogP contribution in [0, 0.1) is 11.3 Å². The Balaban J connectivity index is 2.70. The predicted octanol–water partition coefficient (Wildman–Crippen LogP) is 2.80. The lowest BCUT2D eigenvalue weighted by Crippen LogP contribution is -1.92. The first kappa shape index (κ1) is 12.5. The minimum atomic E-state index is 0.422. The number of ether oxygens (including phenoxy) is 1. The highest BCUT2D eigenvalue weighted by Gasteiger charge is 2.10. The van der Waals surface area contributed by atoms with E-state index in [-0.39, 0.29) is 0 Å². The Labute approximate surface area is 98.5 Å². The summed E-state index contributed by atoms with van der Waals surface area (Å²) in [5.41, 5.74) is 0.768. The number of hydrogen-bond acceptors (Lipinski definition) is 5. The number of thiazole rings is 1. The molecule has 0 bridgehead atoms. The van der Waals surface area contributed by atoms with Crippen molar-refractivity contribution in [2.24, 2.45) is 0 Å². The highest BCUT2D eigenvalue weighted by molar-refractivity contribution is 7.99. The normalized spacial score (nSPS) is 10.6. The highest BCUT2D eigenvalue weighted by Crippen LogP contribution is 2.24. The second-order valence-electron chi connectivity index (χ2n) is 3.29. The van der Waals surface area contributed by atoms with Gasteiger partial charge in [0.15, 0.2) is 0 Å². The molecular formula is C10H14N2OS2. The summed E-state index contributed by atoms with van der Waals surface area (Å²) in [5, 5.41) is 10.5. The highest BCUT2D eigenvalue weighted by atomic mass is 32.2. The van der Waals surface area contributed by atoms with Crippen molar-refractivity contribution in [1.29, 1.82) is 5.26 Å². The zero-order valence-corrected chi connectivity index (χ0v) is 10.7. The third-order valence-corrected chi connectivity index (χ3v) is 3.96. The van der Waals surface area contributed by atoms with Gasteiger partial charge in [0.05, 0.1) is 12.3 Å². The maximum absolute atomic E-state index is 8.89. The lowest BCUT2D eigenvalue weighted by molar-refractivity contribution is 0.181. The van der Waals surface area contributed by atoms with Crippen LogP contribution in [0.3, 0.4) is 0 Å². The van der Waals surface area contributed by atoms with Crippen molar-refractivity contribution in [2.45, 2.75) is 31.5 Å². The van der Waals surface area contributed by atoms with Gasteiger partial charge in [0.25, 0.3) is 0 Å². The summed E-state index contributed by atoms with van der Waals surface area (Å²) in [4.78, 5) is 5.07. The predicted molar refractivity (Wildman–Crippen MR) is 64.0 cm³/mol. The quantitative estimate of drug-likeness (QED) is 0.796. The fourth-order valence-electron chi connectivity index (χ4n) is 1.02. The van der Waals surface area contributed by atoms with E-state index >= 15 is 0 Å². The SMILES string of the molecule is COCc1nc(CSC(C)C)sc1C#N. The van der Waals surface area contributed by atoms with Crippen LogP contribution in [-0.2, 0) is 17.1 Å². The molecule has 0 radical (unpaired) electrons. The molecule has 0 aliphatic heterocycles. The first-order chi connectivity index (χ1) is 7.17. The van der Waals surface area contributed by atoms with Gasteiger partial charge in [-0.3, -0.25) is 0 Å². The van der Waals surface area contributed by atoms with Gasteiger partial charge in [-0.15, -0.1) is 11.3 Å². The van der Waals surface area contributed by atoms with Gasteiger partial charge in [0.2, 0.25) is 0 Å². The van der Waals surface area contributed by atoms with Crippen LogP contribution >= 0.6 is 23.1 Å². The van der Waals surface area contributed by atoms with Crippen LogP contribution < -0.4 is 0 Å². The van der Waals surface area contributed by atoms with Crippen LogP contribution in [0.15, 0.2) is 0 Å². The summed E-state index contributed by atoms with van der Waals surface area (Å²) in [6.07, 6.45) is 0. The van der Waals surface area contributed by atoms with Gasteiger partial charge in [0.1, 0.15) is 16.0 Å².